The molecule has 0 aliphatic heterocycles. The summed E-state index contributed by atoms with van der Waals surface area (Å²) in [5.41, 5.74) is 2.49. The Morgan fingerprint density at radius 1 is 1.19 bits per heavy atom. The third kappa shape index (κ3) is 8.42. The van der Waals surface area contributed by atoms with E-state index in [2.05, 4.69) is 22.2 Å². The van der Waals surface area contributed by atoms with Crippen LogP contribution in [0.1, 0.15) is 54.6 Å². The number of aromatic amines is 1. The minimum Gasteiger partial charge on any atom is -0.385 e. The zero-order valence-corrected chi connectivity index (χ0v) is 19.2. The summed E-state index contributed by atoms with van der Waals surface area (Å²) in [4.78, 5) is 32.3. The minimum absolute atomic E-state index is 0.0653. The van der Waals surface area contributed by atoms with Crippen LogP contribution in [-0.2, 0) is 13.0 Å². The normalized spacial score (nSPS) is 12.7. The number of H-pyrrole nitrogens is 1. The Hall–Kier alpha value is -2.86. The Bertz CT molecular complexity index is 930. The van der Waals surface area contributed by atoms with Crippen molar-refractivity contribution in [2.45, 2.75) is 52.1 Å². The molecule has 0 unspecified atom stereocenters. The summed E-state index contributed by atoms with van der Waals surface area (Å²) >= 11 is 6.10. The lowest BCUT2D eigenvalue weighted by Gasteiger charge is -2.19. The number of carbonyl (C=O) groups is 1. The van der Waals surface area contributed by atoms with E-state index in [9.17, 15) is 9.59 Å². The molecule has 0 saturated heterocycles. The average Bonchev–Trinajstić information content (AvgIpc) is 2.77. The molecule has 1 aromatic heterocycles. The van der Waals surface area contributed by atoms with Gasteiger partial charge in [-0.3, -0.25) is 9.59 Å². The lowest BCUT2D eigenvalue weighted by atomic mass is 10.0. The molecule has 0 radical (unpaired) electrons. The lowest BCUT2D eigenvalue weighted by molar-refractivity contribution is 0.0785. The topological polar surface area (TPSA) is 77.6 Å². The SMILES string of the molecule is CC/C=N\C(Cl)=C/N[C@@H](CCC)Cc1ccc(C(=O)N(C)Cc2ccc(=O)[nH]c2)cc1. The first-order valence-corrected chi connectivity index (χ1v) is 11.0. The number of amides is 1. The second-order valence-corrected chi connectivity index (χ2v) is 7.85. The number of aromatic nitrogens is 1. The van der Waals surface area contributed by atoms with Crippen molar-refractivity contribution in [3.05, 3.63) is 81.0 Å². The first-order chi connectivity index (χ1) is 14.9. The largest absolute Gasteiger partial charge is 0.385 e. The standard InChI is InChI=1S/C24H31ClN4O2/c1-4-6-21(27-16-22(25)26-13-5-2)14-18-7-10-20(11-8-18)24(31)29(3)17-19-9-12-23(30)28-15-19/h7-13,15-16,21,27H,4-6,14,17H2,1-3H3,(H,28,30)/b22-16-,26-13-/t21-/m0/s1. The number of halogens is 1. The van der Waals surface area contributed by atoms with Gasteiger partial charge in [-0.25, -0.2) is 4.99 Å². The Morgan fingerprint density at radius 3 is 2.52 bits per heavy atom. The van der Waals surface area contributed by atoms with E-state index in [0.717, 1.165) is 36.8 Å². The van der Waals surface area contributed by atoms with Gasteiger partial charge >= 0.3 is 0 Å². The minimum atomic E-state index is -0.157. The van der Waals surface area contributed by atoms with E-state index in [0.29, 0.717) is 17.3 Å². The highest BCUT2D eigenvalue weighted by molar-refractivity contribution is 6.29. The molecule has 0 spiro atoms. The van der Waals surface area contributed by atoms with E-state index in [1.807, 2.05) is 31.2 Å². The lowest BCUT2D eigenvalue weighted by Crippen LogP contribution is -2.27. The molecule has 2 N–H and O–H groups in total. The molecule has 31 heavy (non-hydrogen) atoms. The molecule has 2 rings (SSSR count). The molecule has 1 atom stereocenters. The molecule has 6 nitrogen and oxygen atoms in total. The zero-order chi connectivity index (χ0) is 22.6. The molecule has 1 heterocycles. The fraction of sp³-hybridized carbons (Fsp3) is 0.375. The van der Waals surface area contributed by atoms with Crippen LogP contribution in [0.2, 0.25) is 0 Å². The van der Waals surface area contributed by atoms with Crippen molar-refractivity contribution in [1.29, 1.82) is 0 Å². The van der Waals surface area contributed by atoms with Crippen molar-refractivity contribution in [3.8, 4) is 0 Å². The number of nitrogens with one attached hydrogen (secondary N) is 2. The highest BCUT2D eigenvalue weighted by Crippen LogP contribution is 2.13. The number of hydrogen-bond donors (Lipinski definition) is 2. The van der Waals surface area contributed by atoms with Crippen molar-refractivity contribution < 1.29 is 4.79 Å². The van der Waals surface area contributed by atoms with Gasteiger partial charge in [-0.05, 0) is 42.5 Å². The third-order valence-electron chi connectivity index (χ3n) is 4.77. The zero-order valence-electron chi connectivity index (χ0n) is 18.4. The molecule has 7 heteroatoms. The number of rotatable bonds is 11. The maximum absolute atomic E-state index is 12.7. The molecule has 0 saturated carbocycles. The quantitative estimate of drug-likeness (QED) is 0.398. The summed E-state index contributed by atoms with van der Waals surface area (Å²) in [6.07, 6.45) is 8.87. The molecule has 1 amide bonds. The van der Waals surface area contributed by atoms with E-state index in [1.54, 1.807) is 36.6 Å². The highest BCUT2D eigenvalue weighted by atomic mass is 35.5. The Morgan fingerprint density at radius 2 is 1.90 bits per heavy atom. The fourth-order valence-electron chi connectivity index (χ4n) is 3.17. The average molecular weight is 443 g/mol. The smallest absolute Gasteiger partial charge is 0.253 e. The van der Waals surface area contributed by atoms with Crippen molar-refractivity contribution >= 4 is 23.7 Å². The fourth-order valence-corrected chi connectivity index (χ4v) is 3.30. The van der Waals surface area contributed by atoms with E-state index in [-0.39, 0.29) is 17.5 Å². The van der Waals surface area contributed by atoms with Gasteiger partial charge in [-0.2, -0.15) is 0 Å². The van der Waals surface area contributed by atoms with Crippen LogP contribution in [0, 0.1) is 0 Å². The van der Waals surface area contributed by atoms with Gasteiger partial charge in [0, 0.05) is 49.9 Å². The van der Waals surface area contributed by atoms with Crippen LogP contribution in [0.4, 0.5) is 0 Å². The highest BCUT2D eigenvalue weighted by Gasteiger charge is 2.13. The molecule has 166 valence electrons. The predicted octanol–water partition coefficient (Wildman–Crippen LogP) is 4.47. The molecule has 0 aliphatic rings. The van der Waals surface area contributed by atoms with Crippen molar-refractivity contribution in [2.24, 2.45) is 4.99 Å². The van der Waals surface area contributed by atoms with Crippen LogP contribution < -0.4 is 10.9 Å². The summed E-state index contributed by atoms with van der Waals surface area (Å²) in [5, 5.41) is 3.80. The Labute approximate surface area is 189 Å². The molecule has 0 fully saturated rings. The first-order valence-electron chi connectivity index (χ1n) is 10.6. The predicted molar refractivity (Wildman–Crippen MR) is 128 cm³/mol. The van der Waals surface area contributed by atoms with Gasteiger partial charge in [-0.15, -0.1) is 0 Å². The van der Waals surface area contributed by atoms with E-state index in [4.69, 9.17) is 11.6 Å². The summed E-state index contributed by atoms with van der Waals surface area (Å²) in [6, 6.07) is 11.1. The van der Waals surface area contributed by atoms with E-state index >= 15 is 0 Å². The second-order valence-electron chi connectivity index (χ2n) is 7.46. The monoisotopic (exact) mass is 442 g/mol. The van der Waals surface area contributed by atoms with E-state index in [1.165, 1.54) is 6.07 Å². The third-order valence-corrected chi connectivity index (χ3v) is 4.98. The van der Waals surface area contributed by atoms with E-state index < -0.39 is 0 Å². The van der Waals surface area contributed by atoms with Crippen LogP contribution in [0.15, 0.2) is 63.7 Å². The molecule has 1 aromatic carbocycles. The summed E-state index contributed by atoms with van der Waals surface area (Å²) in [7, 11) is 1.75. The number of nitrogens with zero attached hydrogens (tertiary/aromatic N) is 2. The van der Waals surface area contributed by atoms with Gasteiger partial charge in [-0.1, -0.05) is 50.1 Å². The molecular formula is C24H31ClN4O2. The van der Waals surface area contributed by atoms with Gasteiger partial charge in [0.05, 0.1) is 0 Å². The van der Waals surface area contributed by atoms with Crippen LogP contribution >= 0.6 is 11.6 Å². The number of hydrogen-bond acceptors (Lipinski definition) is 4. The van der Waals surface area contributed by atoms with Crippen molar-refractivity contribution in [2.75, 3.05) is 7.05 Å². The maximum Gasteiger partial charge on any atom is 0.253 e. The van der Waals surface area contributed by atoms with Crippen molar-refractivity contribution in [3.63, 3.8) is 0 Å². The molecular weight excluding hydrogens is 412 g/mol. The number of carbonyl (C=O) groups excluding carboxylic acids is 1. The van der Waals surface area contributed by atoms with Crippen LogP contribution in [0.25, 0.3) is 0 Å². The number of pyridine rings is 1. The van der Waals surface area contributed by atoms with Crippen LogP contribution in [0.5, 0.6) is 0 Å². The van der Waals surface area contributed by atoms with Crippen LogP contribution in [-0.4, -0.2) is 35.1 Å². The van der Waals surface area contributed by atoms with Gasteiger partial charge in [0.25, 0.3) is 5.91 Å². The van der Waals surface area contributed by atoms with Crippen LogP contribution in [0.3, 0.4) is 0 Å². The summed E-state index contributed by atoms with van der Waals surface area (Å²) in [6.45, 7) is 4.58. The molecule has 0 aliphatic carbocycles. The first kappa shape index (κ1) is 24.4. The number of benzene rings is 1. The van der Waals surface area contributed by atoms with Crippen molar-refractivity contribution in [1.82, 2.24) is 15.2 Å². The van der Waals surface area contributed by atoms with Gasteiger partial charge in [0.15, 0.2) is 0 Å². The Balaban J connectivity index is 1.98. The van der Waals surface area contributed by atoms with Gasteiger partial charge in [0.1, 0.15) is 5.16 Å². The Kier molecular flexibility index (Phi) is 10.0. The van der Waals surface area contributed by atoms with Gasteiger partial charge in [0.2, 0.25) is 5.56 Å². The molecule has 0 bridgehead atoms. The van der Waals surface area contributed by atoms with Gasteiger partial charge < -0.3 is 15.2 Å². The number of aliphatic imine (C=N–C) groups is 1. The molecule has 2 aromatic rings. The summed E-state index contributed by atoms with van der Waals surface area (Å²) in [5.74, 6) is -0.0653. The second kappa shape index (κ2) is 12.7. The maximum atomic E-state index is 12.7. The summed E-state index contributed by atoms with van der Waals surface area (Å²) < 4.78 is 0.